The van der Waals surface area contributed by atoms with Gasteiger partial charge in [-0.15, -0.1) is 0 Å². The standard InChI is InChI=1S/C59H102O40/c1-15-19(5)84-24(10-63)45(29(15)67)93-52-16(2)30(68)48(27(13-66)89-52)96-57-44(82)49(97-59-51(41(79)36(74)23(9-62)88-59)99-54-18(4)31(69)46(25(11-64)91-54)94-55-42(80)38(76)33(71)20(6)85-55)37(75)28(92-57)14-83-58-50(40(78)35(73)22(8-61)87-58)98-53-17(3)32(70)47(26(12-65)90-53)95-56-43(81)39(77)34(72)21(7-60)86-56/h15-82H,7-14H2,1-6H3/t15?,16?,17?,18-,19-,20?,21?,22?,23+,24?,25?,26-,27?,28?,29+,30+,31?,32?,33-,34-,35+,36+,37+,38?,39?,40?,41?,42-,43-,44+,45+,46+,47+,48+,49?,50+,51?,52-,53-,54-,55-,56-,57-,58-,59+/m0/s1. The quantitative estimate of drug-likeness (QED) is 0.0427. The predicted octanol–water partition coefficient (Wildman–Crippen LogP) is -13.4. The first kappa shape index (κ1) is 81.5. The third-order valence-corrected chi connectivity index (χ3v) is 20.4. The summed E-state index contributed by atoms with van der Waals surface area (Å²) in [5.74, 6) is -4.19. The van der Waals surface area contributed by atoms with E-state index in [2.05, 4.69) is 0 Å². The predicted molar refractivity (Wildman–Crippen MR) is 312 cm³/mol. The van der Waals surface area contributed by atoms with Crippen LogP contribution in [0.2, 0.25) is 0 Å². The van der Waals surface area contributed by atoms with E-state index in [0.717, 1.165) is 0 Å². The third kappa shape index (κ3) is 16.9. The molecular formula is C59H102O40. The van der Waals surface area contributed by atoms with Crippen LogP contribution in [0.5, 0.6) is 0 Å². The smallest absolute Gasteiger partial charge is 0.187 e. The van der Waals surface area contributed by atoms with Gasteiger partial charge >= 0.3 is 0 Å². The van der Waals surface area contributed by atoms with E-state index in [1.165, 1.54) is 27.7 Å². The zero-order valence-electron chi connectivity index (χ0n) is 54.9. The minimum atomic E-state index is -2.30. The van der Waals surface area contributed by atoms with Crippen LogP contribution in [0.25, 0.3) is 0 Å². The van der Waals surface area contributed by atoms with Gasteiger partial charge in [-0.05, 0) is 13.8 Å². The van der Waals surface area contributed by atoms with E-state index in [1.807, 2.05) is 0 Å². The molecule has 578 valence electrons. The number of aliphatic hydroxyl groups excluding tert-OH is 23. The van der Waals surface area contributed by atoms with Crippen LogP contribution in [-0.2, 0) is 80.5 Å². The van der Waals surface area contributed by atoms with E-state index in [9.17, 15) is 117 Å². The Kier molecular flexibility index (Phi) is 28.8. The van der Waals surface area contributed by atoms with Gasteiger partial charge in [0.05, 0.1) is 89.5 Å². The van der Waals surface area contributed by atoms with Crippen molar-refractivity contribution in [1.29, 1.82) is 0 Å². The molecule has 0 amide bonds. The van der Waals surface area contributed by atoms with Crippen molar-refractivity contribution in [2.24, 2.45) is 23.7 Å². The molecule has 0 aliphatic carbocycles. The molecule has 99 heavy (non-hydrogen) atoms. The van der Waals surface area contributed by atoms with Gasteiger partial charge in [0.2, 0.25) is 0 Å². The van der Waals surface area contributed by atoms with Crippen molar-refractivity contribution in [3.63, 3.8) is 0 Å². The fourth-order valence-corrected chi connectivity index (χ4v) is 13.7. The summed E-state index contributed by atoms with van der Waals surface area (Å²) in [5, 5.41) is 253. The van der Waals surface area contributed by atoms with E-state index in [-0.39, 0.29) is 0 Å². The van der Waals surface area contributed by atoms with E-state index >= 15 is 0 Å². The van der Waals surface area contributed by atoms with Crippen molar-refractivity contribution in [2.75, 3.05) is 52.9 Å². The Bertz CT molecular complexity index is 2430. The Balaban J connectivity index is 0.985. The highest BCUT2D eigenvalue weighted by Gasteiger charge is 2.59. The van der Waals surface area contributed by atoms with Crippen LogP contribution in [0.3, 0.4) is 0 Å². The van der Waals surface area contributed by atoms with Crippen molar-refractivity contribution in [2.45, 2.75) is 293 Å². The zero-order valence-corrected chi connectivity index (χ0v) is 54.9. The summed E-state index contributed by atoms with van der Waals surface area (Å²) < 4.78 is 102. The van der Waals surface area contributed by atoms with Crippen LogP contribution >= 0.6 is 0 Å². The summed E-state index contributed by atoms with van der Waals surface area (Å²) in [6.45, 7) is 1.62. The maximum absolute atomic E-state index is 12.5. The van der Waals surface area contributed by atoms with Crippen LogP contribution in [0.1, 0.15) is 41.5 Å². The van der Waals surface area contributed by atoms with Gasteiger partial charge in [-0.2, -0.15) is 0 Å². The first-order chi connectivity index (χ1) is 46.9. The fraction of sp³-hybridized carbons (Fsp3) is 1.00. The second kappa shape index (κ2) is 35.0. The Hall–Kier alpha value is -1.60. The lowest BCUT2D eigenvalue weighted by Crippen LogP contribution is -2.68. The monoisotopic (exact) mass is 1450 g/mol. The molecule has 0 aromatic heterocycles. The molecule has 0 spiro atoms. The highest BCUT2D eigenvalue weighted by Crippen LogP contribution is 2.42. The molecule has 0 aromatic carbocycles. The van der Waals surface area contributed by atoms with E-state index in [0.29, 0.717) is 0 Å². The number of ether oxygens (including phenoxy) is 17. The molecule has 9 heterocycles. The molecule has 0 aromatic rings. The van der Waals surface area contributed by atoms with E-state index in [1.54, 1.807) is 13.8 Å². The molecule has 9 rings (SSSR count). The highest BCUT2D eigenvalue weighted by atomic mass is 16.8. The molecule has 18 unspecified atom stereocenters. The third-order valence-electron chi connectivity index (χ3n) is 20.4. The molecule has 9 aliphatic heterocycles. The van der Waals surface area contributed by atoms with Crippen LogP contribution in [0.4, 0.5) is 0 Å². The lowest BCUT2D eigenvalue weighted by molar-refractivity contribution is -0.402. The second-order valence-electron chi connectivity index (χ2n) is 27.0. The van der Waals surface area contributed by atoms with E-state index in [4.69, 9.17) is 80.5 Å². The van der Waals surface area contributed by atoms with Gasteiger partial charge in [-0.3, -0.25) is 0 Å². The SMILES string of the molecule is CC1C(O)[C@H](O[C@@H]2OC(CO)[C@H](O)C(O)[C@@H]2O)[C@H](CO)O[C@H]1O[C@@H]1C(O)[C@H](O)C(CO)O[C@@H]1OCC1O[C@@H](O[C@@H]2C(CO)O[C@@H](O[C@@H]3C(CO)O[C@@H](C)C(C)[C@H]3O)C(C)[C@H]2O)[C@H](O)C(O[C@H]2O[C@H](CO)[C@@H](O)C(O)C2O[C@@H]2OC(CO)[C@@H](O[C@@H]3OC(C)[C@H](O)C(O)[C@@H]3O)C(O)[C@@H]2C)[C@@H]1O. The van der Waals surface area contributed by atoms with E-state index < -0.39 is 328 Å². The lowest BCUT2D eigenvalue weighted by Gasteiger charge is -2.51. The van der Waals surface area contributed by atoms with Crippen LogP contribution in [-0.4, -0.2) is 422 Å². The summed E-state index contributed by atoms with van der Waals surface area (Å²) in [6, 6.07) is 0. The largest absolute Gasteiger partial charge is 0.394 e. The lowest BCUT2D eigenvalue weighted by atomic mass is 9.88. The number of hydrogen-bond acceptors (Lipinski definition) is 40. The normalized spacial score (nSPS) is 54.1. The van der Waals surface area contributed by atoms with Gasteiger partial charge in [0.15, 0.2) is 50.3 Å². The number of aliphatic hydroxyl groups is 23. The maximum atomic E-state index is 12.5. The molecule has 23 N–H and O–H groups in total. The molecule has 9 aliphatic rings. The van der Waals surface area contributed by atoms with Crippen LogP contribution in [0.15, 0.2) is 0 Å². The summed E-state index contributed by atoms with van der Waals surface area (Å²) in [4.78, 5) is 0. The molecule has 9 saturated heterocycles. The van der Waals surface area contributed by atoms with Crippen molar-refractivity contribution in [3.05, 3.63) is 0 Å². The van der Waals surface area contributed by atoms with Gasteiger partial charge in [-0.25, -0.2) is 0 Å². The topological polar surface area (TPSA) is 622 Å². The average Bonchev–Trinajstić information content (AvgIpc) is 0.777. The van der Waals surface area contributed by atoms with Gasteiger partial charge in [-0.1, -0.05) is 27.7 Å². The molecule has 40 nitrogen and oxygen atoms in total. The summed E-state index contributed by atoms with van der Waals surface area (Å²) in [5.41, 5.74) is 0. The van der Waals surface area contributed by atoms with Crippen molar-refractivity contribution in [1.82, 2.24) is 0 Å². The summed E-state index contributed by atoms with van der Waals surface area (Å²) in [6.07, 6.45) is -71.1. The molecular weight excluding hydrogens is 1350 g/mol. The maximum Gasteiger partial charge on any atom is 0.187 e. The van der Waals surface area contributed by atoms with Gasteiger partial charge in [0, 0.05) is 23.7 Å². The number of hydrogen-bond donors (Lipinski definition) is 23. The molecule has 0 saturated carbocycles. The summed E-state index contributed by atoms with van der Waals surface area (Å²) in [7, 11) is 0. The van der Waals surface area contributed by atoms with Gasteiger partial charge < -0.3 is 198 Å². The first-order valence-electron chi connectivity index (χ1n) is 33.1. The van der Waals surface area contributed by atoms with Crippen LogP contribution in [0, 0.1) is 23.7 Å². The number of rotatable bonds is 24. The Morgan fingerprint density at radius 2 is 0.495 bits per heavy atom. The Morgan fingerprint density at radius 1 is 0.202 bits per heavy atom. The molecule has 0 radical (unpaired) electrons. The first-order valence-corrected chi connectivity index (χ1v) is 33.1. The Labute approximate surface area is 566 Å². The second-order valence-corrected chi connectivity index (χ2v) is 27.0. The van der Waals surface area contributed by atoms with Crippen molar-refractivity contribution in [3.8, 4) is 0 Å². The van der Waals surface area contributed by atoms with Gasteiger partial charge in [0.1, 0.15) is 165 Å². The van der Waals surface area contributed by atoms with Crippen LogP contribution < -0.4 is 0 Å². The molecule has 45 atom stereocenters. The van der Waals surface area contributed by atoms with Gasteiger partial charge in [0.25, 0.3) is 0 Å². The summed E-state index contributed by atoms with van der Waals surface area (Å²) >= 11 is 0. The fourth-order valence-electron chi connectivity index (χ4n) is 13.7. The van der Waals surface area contributed by atoms with Crippen molar-refractivity contribution >= 4 is 0 Å². The Morgan fingerprint density at radius 3 is 0.919 bits per heavy atom. The minimum Gasteiger partial charge on any atom is -0.394 e. The molecule has 9 fully saturated rings. The average molecular weight is 1450 g/mol. The molecule has 0 bridgehead atoms. The minimum absolute atomic E-state index is 0.517. The molecule has 40 heteroatoms. The zero-order chi connectivity index (χ0) is 72.7. The highest BCUT2D eigenvalue weighted by molar-refractivity contribution is 5.01. The van der Waals surface area contributed by atoms with Crippen molar-refractivity contribution < 1.29 is 198 Å².